The fraction of sp³-hybridized carbons (Fsp3) is 0.714. The lowest BCUT2D eigenvalue weighted by Crippen LogP contribution is -1.96. The number of ether oxygens (including phenoxy) is 2. The van der Waals surface area contributed by atoms with Gasteiger partial charge in [0.15, 0.2) is 0 Å². The first-order chi connectivity index (χ1) is 4.27. The van der Waals surface area contributed by atoms with Gasteiger partial charge in [-0.2, -0.15) is 0 Å². The molecular weight excluding hydrogens is 116 g/mol. The van der Waals surface area contributed by atoms with Crippen LogP contribution < -0.4 is 0 Å². The van der Waals surface area contributed by atoms with E-state index in [1.807, 2.05) is 6.92 Å². The van der Waals surface area contributed by atoms with Crippen molar-refractivity contribution in [2.45, 2.75) is 13.3 Å². The quantitative estimate of drug-likeness (QED) is 0.415. The summed E-state index contributed by atoms with van der Waals surface area (Å²) >= 11 is 0. The average Bonchev–Trinajstić information content (AvgIpc) is 1.80. The first-order valence-electron chi connectivity index (χ1n) is 3.04. The van der Waals surface area contributed by atoms with Crippen molar-refractivity contribution in [2.24, 2.45) is 0 Å². The maximum absolute atomic E-state index is 5.07. The van der Waals surface area contributed by atoms with Crippen LogP contribution in [-0.2, 0) is 9.47 Å². The van der Waals surface area contributed by atoms with Gasteiger partial charge in [0.1, 0.15) is 0 Å². The molecule has 54 valence electrons. The van der Waals surface area contributed by atoms with Crippen molar-refractivity contribution in [3.05, 3.63) is 12.3 Å². The second-order valence-electron chi connectivity index (χ2n) is 1.90. The molecule has 2 heteroatoms. The van der Waals surface area contributed by atoms with Crippen LogP contribution in [0.4, 0.5) is 0 Å². The summed E-state index contributed by atoms with van der Waals surface area (Å²) in [5, 5.41) is 0. The van der Waals surface area contributed by atoms with E-state index in [0.29, 0.717) is 6.61 Å². The number of hydrogen-bond donors (Lipinski definition) is 0. The van der Waals surface area contributed by atoms with Crippen LogP contribution in [-0.4, -0.2) is 20.3 Å². The minimum absolute atomic E-state index is 0.711. The molecule has 0 aromatic carbocycles. The molecule has 0 atom stereocenters. The van der Waals surface area contributed by atoms with Crippen molar-refractivity contribution < 1.29 is 9.47 Å². The van der Waals surface area contributed by atoms with E-state index in [4.69, 9.17) is 9.47 Å². The monoisotopic (exact) mass is 130 g/mol. The summed E-state index contributed by atoms with van der Waals surface area (Å²) in [7, 11) is 1.68. The van der Waals surface area contributed by atoms with E-state index in [-0.39, 0.29) is 0 Å². The number of methoxy groups -OCH3 is 1. The Balaban J connectivity index is 2.83. The summed E-state index contributed by atoms with van der Waals surface area (Å²) in [5.41, 5.74) is 0. The summed E-state index contributed by atoms with van der Waals surface area (Å²) < 4.78 is 9.88. The van der Waals surface area contributed by atoms with Crippen LogP contribution in [0.15, 0.2) is 12.3 Å². The molecule has 0 radical (unpaired) electrons. The van der Waals surface area contributed by atoms with Crippen molar-refractivity contribution in [1.82, 2.24) is 0 Å². The Bertz CT molecular complexity index is 79.0. The number of allylic oxidation sites excluding steroid dienone is 1. The molecular formula is C7H14O2. The normalized spacial score (nSPS) is 9.11. The van der Waals surface area contributed by atoms with Gasteiger partial charge in [-0.25, -0.2) is 0 Å². The van der Waals surface area contributed by atoms with Gasteiger partial charge in [0.25, 0.3) is 0 Å². The van der Waals surface area contributed by atoms with Gasteiger partial charge in [-0.05, 0) is 6.92 Å². The lowest BCUT2D eigenvalue weighted by atomic mass is 10.5. The highest BCUT2D eigenvalue weighted by Gasteiger charge is 1.85. The van der Waals surface area contributed by atoms with Crippen molar-refractivity contribution in [1.29, 1.82) is 0 Å². The van der Waals surface area contributed by atoms with Crippen LogP contribution in [0.1, 0.15) is 13.3 Å². The SMILES string of the molecule is C=C(C)OCCCOC. The Morgan fingerprint density at radius 1 is 1.44 bits per heavy atom. The molecule has 0 aliphatic carbocycles. The Labute approximate surface area is 56.5 Å². The Hall–Kier alpha value is -0.500. The van der Waals surface area contributed by atoms with E-state index in [1.165, 1.54) is 0 Å². The third-order valence-electron chi connectivity index (χ3n) is 0.841. The second kappa shape index (κ2) is 5.63. The van der Waals surface area contributed by atoms with Crippen LogP contribution in [0.25, 0.3) is 0 Å². The highest BCUT2D eigenvalue weighted by atomic mass is 16.5. The number of hydrogen-bond acceptors (Lipinski definition) is 2. The standard InChI is InChI=1S/C7H14O2/c1-7(2)9-6-4-5-8-3/h1,4-6H2,2-3H3. The van der Waals surface area contributed by atoms with Gasteiger partial charge in [-0.3, -0.25) is 0 Å². The molecule has 0 aliphatic heterocycles. The fourth-order valence-corrected chi connectivity index (χ4v) is 0.450. The van der Waals surface area contributed by atoms with Gasteiger partial charge in [0.2, 0.25) is 0 Å². The Morgan fingerprint density at radius 2 is 2.11 bits per heavy atom. The van der Waals surface area contributed by atoms with E-state index in [0.717, 1.165) is 18.8 Å². The molecule has 0 heterocycles. The van der Waals surface area contributed by atoms with Crippen molar-refractivity contribution >= 4 is 0 Å². The van der Waals surface area contributed by atoms with E-state index < -0.39 is 0 Å². The predicted octanol–water partition coefficient (Wildman–Crippen LogP) is 1.57. The van der Waals surface area contributed by atoms with E-state index >= 15 is 0 Å². The summed E-state index contributed by atoms with van der Waals surface area (Å²) in [5.74, 6) is 0.770. The topological polar surface area (TPSA) is 18.5 Å². The summed E-state index contributed by atoms with van der Waals surface area (Å²) in [6.45, 7) is 6.90. The maximum Gasteiger partial charge on any atom is 0.0898 e. The molecule has 0 saturated heterocycles. The molecule has 0 rings (SSSR count). The smallest absolute Gasteiger partial charge is 0.0898 e. The molecule has 0 aromatic heterocycles. The molecule has 0 saturated carbocycles. The van der Waals surface area contributed by atoms with Gasteiger partial charge in [-0.15, -0.1) is 0 Å². The molecule has 0 spiro atoms. The van der Waals surface area contributed by atoms with Crippen LogP contribution in [0.3, 0.4) is 0 Å². The van der Waals surface area contributed by atoms with Crippen LogP contribution in [0.2, 0.25) is 0 Å². The zero-order chi connectivity index (χ0) is 7.11. The molecule has 0 bridgehead atoms. The predicted molar refractivity (Wildman–Crippen MR) is 37.3 cm³/mol. The van der Waals surface area contributed by atoms with Gasteiger partial charge in [-0.1, -0.05) is 6.58 Å². The largest absolute Gasteiger partial charge is 0.499 e. The first-order valence-corrected chi connectivity index (χ1v) is 3.04. The first kappa shape index (κ1) is 8.50. The summed E-state index contributed by atoms with van der Waals surface area (Å²) in [4.78, 5) is 0. The van der Waals surface area contributed by atoms with E-state index in [9.17, 15) is 0 Å². The minimum atomic E-state index is 0.711. The van der Waals surface area contributed by atoms with Crippen molar-refractivity contribution in [3.63, 3.8) is 0 Å². The van der Waals surface area contributed by atoms with Gasteiger partial charge < -0.3 is 9.47 Å². The van der Waals surface area contributed by atoms with Crippen LogP contribution >= 0.6 is 0 Å². The Morgan fingerprint density at radius 3 is 2.56 bits per heavy atom. The van der Waals surface area contributed by atoms with Crippen molar-refractivity contribution in [2.75, 3.05) is 20.3 Å². The second-order valence-corrected chi connectivity index (χ2v) is 1.90. The van der Waals surface area contributed by atoms with Crippen LogP contribution in [0, 0.1) is 0 Å². The van der Waals surface area contributed by atoms with E-state index in [1.54, 1.807) is 7.11 Å². The molecule has 2 nitrogen and oxygen atoms in total. The third-order valence-corrected chi connectivity index (χ3v) is 0.841. The molecule has 0 aliphatic rings. The fourth-order valence-electron chi connectivity index (χ4n) is 0.450. The third kappa shape index (κ3) is 7.50. The average molecular weight is 130 g/mol. The van der Waals surface area contributed by atoms with E-state index in [2.05, 4.69) is 6.58 Å². The molecule has 0 amide bonds. The summed E-state index contributed by atoms with van der Waals surface area (Å²) in [6.07, 6.45) is 0.934. The molecule has 0 N–H and O–H groups in total. The highest BCUT2D eigenvalue weighted by molar-refractivity contribution is 4.72. The molecule has 0 aromatic rings. The minimum Gasteiger partial charge on any atom is -0.499 e. The lowest BCUT2D eigenvalue weighted by Gasteiger charge is -2.02. The summed E-state index contributed by atoms with van der Waals surface area (Å²) in [6, 6.07) is 0. The lowest BCUT2D eigenvalue weighted by molar-refractivity contribution is 0.146. The Kier molecular flexibility index (Phi) is 5.32. The van der Waals surface area contributed by atoms with Gasteiger partial charge in [0.05, 0.1) is 12.4 Å². The highest BCUT2D eigenvalue weighted by Crippen LogP contribution is 1.91. The zero-order valence-electron chi connectivity index (χ0n) is 6.14. The molecule has 0 fully saturated rings. The van der Waals surface area contributed by atoms with Crippen molar-refractivity contribution in [3.8, 4) is 0 Å². The molecule has 0 unspecified atom stereocenters. The van der Waals surface area contributed by atoms with Crippen LogP contribution in [0.5, 0.6) is 0 Å². The zero-order valence-corrected chi connectivity index (χ0v) is 6.14. The molecule has 9 heavy (non-hydrogen) atoms. The van der Waals surface area contributed by atoms with Gasteiger partial charge in [0, 0.05) is 20.1 Å². The number of rotatable bonds is 5. The maximum atomic E-state index is 5.07. The van der Waals surface area contributed by atoms with Gasteiger partial charge >= 0.3 is 0 Å².